The largest absolute Gasteiger partial charge is 0.309 e. The fourth-order valence-electron chi connectivity index (χ4n) is 11.9. The normalized spacial score (nSPS) is 12.7. The van der Waals surface area contributed by atoms with Crippen LogP contribution in [-0.4, -0.2) is 0 Å². The van der Waals surface area contributed by atoms with E-state index in [1.54, 1.807) is 0 Å². The molecule has 408 valence electrons. The summed E-state index contributed by atoms with van der Waals surface area (Å²) < 4.78 is 2.53. The molecule has 11 aromatic carbocycles. The van der Waals surface area contributed by atoms with Crippen molar-refractivity contribution in [3.05, 3.63) is 263 Å². The van der Waals surface area contributed by atoms with E-state index in [-0.39, 0.29) is 16.2 Å². The highest BCUT2D eigenvalue weighted by Crippen LogP contribution is 2.54. The number of thiophene rings is 1. The maximum Gasteiger partial charge on any atom is 0.0618 e. The van der Waals surface area contributed by atoms with E-state index < -0.39 is 0 Å². The minimum absolute atomic E-state index is 0.199. The summed E-state index contributed by atoms with van der Waals surface area (Å²) >= 11 is 16.3. The third-order valence-corrected chi connectivity index (χ3v) is 18.1. The second kappa shape index (κ2) is 20.9. The Bertz CT molecular complexity index is 4200. The highest BCUT2D eigenvalue weighted by Gasteiger charge is 2.32. The van der Waals surface area contributed by atoms with Crippen LogP contribution in [0.5, 0.6) is 0 Å². The molecule has 0 N–H and O–H groups in total. The Labute approximate surface area is 503 Å². The van der Waals surface area contributed by atoms with E-state index in [2.05, 4.69) is 297 Å². The number of halogens is 2. The fraction of sp³-hybridized carbons (Fsp3) is 0.154. The molecule has 83 heavy (non-hydrogen) atoms. The minimum atomic E-state index is -0.314. The summed E-state index contributed by atoms with van der Waals surface area (Å²) in [6.07, 6.45) is 0. The van der Waals surface area contributed by atoms with Crippen LogP contribution in [0.3, 0.4) is 0 Å². The van der Waals surface area contributed by atoms with Gasteiger partial charge in [0.25, 0.3) is 0 Å². The van der Waals surface area contributed by atoms with Gasteiger partial charge in [-0.3, -0.25) is 0 Å². The van der Waals surface area contributed by atoms with Crippen LogP contribution in [-0.2, 0) is 16.2 Å². The van der Waals surface area contributed by atoms with Gasteiger partial charge in [-0.15, -0.1) is 11.3 Å². The lowest BCUT2D eigenvalue weighted by Gasteiger charge is -2.36. The maximum absolute atomic E-state index is 7.24. The molecule has 0 spiro atoms. The number of fused-ring (bicyclic) bond motifs is 14. The molecule has 0 saturated carbocycles. The summed E-state index contributed by atoms with van der Waals surface area (Å²) in [5.41, 5.74) is 22.4. The third-order valence-electron chi connectivity index (χ3n) is 16.5. The SMILES string of the molecule is CC(C)(C)c1cc2cc(c1)N(c1cccc(Cl)c1)c1c(-c3ccccc3)cc(C(C)(C)C)cc1-c1cccc(c1)-c1ccc3sc4ccc(cc4c3c1)-c1cccc(c1)-c1cc(C(C)(C)C)cc(-c3ccccc3)c1N2c1cccc(Cl)c1. The number of rotatable bonds is 4. The van der Waals surface area contributed by atoms with Gasteiger partial charge in [0.05, 0.1) is 11.4 Å². The summed E-state index contributed by atoms with van der Waals surface area (Å²) in [5.74, 6) is 0. The highest BCUT2D eigenvalue weighted by molar-refractivity contribution is 7.25. The van der Waals surface area contributed by atoms with Crippen LogP contribution in [0.4, 0.5) is 34.1 Å². The Hall–Kier alpha value is -8.18. The van der Waals surface area contributed by atoms with E-state index in [1.807, 2.05) is 23.5 Å². The molecule has 1 aromatic heterocycles. The standard InChI is InChI=1S/C78H66Cl2N2S/c1-76(2,3)57-40-64-48-65(41-57)82(63-31-19-29-61(80)47-63)75-67(50-22-14-11-15-23-50)43-59(78(7,8)9)45-69(75)56-27-17-25-52(37-56)54-33-35-73-71(39-54)70-38-53(32-34-72(70)83-73)51-24-16-26-55(36-51)68-44-58(77(4,5)6)42-66(49-20-12-10-13-21-49)74(68)81(64)62-30-18-28-60(79)46-62/h10-48H,1-9H3. The molecule has 2 heterocycles. The molecule has 1 aliphatic rings. The first kappa shape index (κ1) is 54.1. The molecule has 10 bridgehead atoms. The van der Waals surface area contributed by atoms with Gasteiger partial charge in [-0.2, -0.15) is 0 Å². The molecular formula is C78H66Cl2N2S. The van der Waals surface area contributed by atoms with Crippen molar-refractivity contribution in [2.45, 2.75) is 78.6 Å². The highest BCUT2D eigenvalue weighted by atomic mass is 35.5. The van der Waals surface area contributed by atoms with Crippen molar-refractivity contribution in [2.24, 2.45) is 0 Å². The Morgan fingerprint density at radius 2 is 0.614 bits per heavy atom. The lowest BCUT2D eigenvalue weighted by Crippen LogP contribution is -2.20. The molecule has 2 nitrogen and oxygen atoms in total. The third kappa shape index (κ3) is 10.3. The summed E-state index contributed by atoms with van der Waals surface area (Å²) in [4.78, 5) is 4.96. The molecule has 0 fully saturated rings. The van der Waals surface area contributed by atoms with Crippen molar-refractivity contribution in [1.82, 2.24) is 0 Å². The molecule has 0 saturated heterocycles. The van der Waals surface area contributed by atoms with Gasteiger partial charge in [0, 0.05) is 75.2 Å². The molecule has 0 radical (unpaired) electrons. The zero-order valence-electron chi connectivity index (χ0n) is 48.6. The van der Waals surface area contributed by atoms with Crippen LogP contribution >= 0.6 is 34.5 Å². The molecule has 13 rings (SSSR count). The predicted molar refractivity (Wildman–Crippen MR) is 361 cm³/mol. The van der Waals surface area contributed by atoms with Gasteiger partial charge in [-0.05, 0) is 193 Å². The first-order valence-electron chi connectivity index (χ1n) is 28.8. The number of hydrogen-bond acceptors (Lipinski definition) is 3. The molecular weight excluding hydrogens is 1070 g/mol. The molecule has 5 heteroatoms. The average Bonchev–Trinajstić information content (AvgIpc) is 3.72. The summed E-state index contributed by atoms with van der Waals surface area (Å²) in [5, 5.41) is 3.80. The first-order chi connectivity index (χ1) is 39.8. The average molecular weight is 1130 g/mol. The van der Waals surface area contributed by atoms with Crippen molar-refractivity contribution in [2.75, 3.05) is 9.80 Å². The van der Waals surface area contributed by atoms with Gasteiger partial charge in [-0.1, -0.05) is 207 Å². The van der Waals surface area contributed by atoms with Crippen molar-refractivity contribution >= 4 is 88.8 Å². The van der Waals surface area contributed by atoms with Gasteiger partial charge in [-0.25, -0.2) is 0 Å². The van der Waals surface area contributed by atoms with Crippen LogP contribution in [0.2, 0.25) is 10.0 Å². The van der Waals surface area contributed by atoms with Gasteiger partial charge in [0.2, 0.25) is 0 Å². The van der Waals surface area contributed by atoms with Crippen LogP contribution in [0, 0.1) is 0 Å². The van der Waals surface area contributed by atoms with Crippen LogP contribution in [0.15, 0.2) is 237 Å². The van der Waals surface area contributed by atoms with E-state index in [1.165, 1.54) is 42.4 Å². The van der Waals surface area contributed by atoms with Crippen LogP contribution in [0.25, 0.3) is 86.9 Å². The Kier molecular flexibility index (Phi) is 13.6. The van der Waals surface area contributed by atoms with Crippen molar-refractivity contribution in [3.8, 4) is 66.8 Å². The summed E-state index contributed by atoms with van der Waals surface area (Å²) in [7, 11) is 0. The Balaban J connectivity index is 1.25. The molecule has 12 aromatic rings. The Morgan fingerprint density at radius 3 is 1.00 bits per heavy atom. The number of anilines is 6. The maximum atomic E-state index is 7.24. The lowest BCUT2D eigenvalue weighted by atomic mass is 9.81. The van der Waals surface area contributed by atoms with E-state index in [0.29, 0.717) is 10.0 Å². The molecule has 0 unspecified atom stereocenters. The molecule has 0 amide bonds. The number of nitrogens with zero attached hydrogens (tertiary/aromatic N) is 2. The van der Waals surface area contributed by atoms with Crippen LogP contribution < -0.4 is 9.80 Å². The van der Waals surface area contributed by atoms with E-state index in [4.69, 9.17) is 23.2 Å². The van der Waals surface area contributed by atoms with Crippen molar-refractivity contribution in [3.63, 3.8) is 0 Å². The second-order valence-corrected chi connectivity index (χ2v) is 27.3. The summed E-state index contributed by atoms with van der Waals surface area (Å²) in [6.45, 7) is 20.9. The number of benzene rings is 11. The van der Waals surface area contributed by atoms with Crippen molar-refractivity contribution in [1.29, 1.82) is 0 Å². The van der Waals surface area contributed by atoms with Gasteiger partial charge < -0.3 is 9.80 Å². The van der Waals surface area contributed by atoms with Gasteiger partial charge in [0.1, 0.15) is 0 Å². The molecule has 0 atom stereocenters. The predicted octanol–water partition coefficient (Wildman–Crippen LogP) is 24.5. The zero-order valence-corrected chi connectivity index (χ0v) is 50.9. The van der Waals surface area contributed by atoms with Gasteiger partial charge in [0.15, 0.2) is 0 Å². The van der Waals surface area contributed by atoms with E-state index >= 15 is 0 Å². The minimum Gasteiger partial charge on any atom is -0.309 e. The molecule has 0 aliphatic carbocycles. The number of hydrogen-bond donors (Lipinski definition) is 0. The Morgan fingerprint density at radius 1 is 0.277 bits per heavy atom. The second-order valence-electron chi connectivity index (χ2n) is 25.4. The fourth-order valence-corrected chi connectivity index (χ4v) is 13.4. The quantitative estimate of drug-likeness (QED) is 0.173. The molecule has 1 aliphatic heterocycles. The first-order valence-corrected chi connectivity index (χ1v) is 30.3. The zero-order chi connectivity index (χ0) is 57.5. The van der Waals surface area contributed by atoms with Crippen LogP contribution in [0.1, 0.15) is 79.0 Å². The van der Waals surface area contributed by atoms with Gasteiger partial charge >= 0.3 is 0 Å². The summed E-state index contributed by atoms with van der Waals surface area (Å²) in [6, 6.07) is 87.9. The smallest absolute Gasteiger partial charge is 0.0618 e. The van der Waals surface area contributed by atoms with Crippen molar-refractivity contribution < 1.29 is 0 Å². The van der Waals surface area contributed by atoms with E-state index in [0.717, 1.165) is 95.3 Å². The van der Waals surface area contributed by atoms with E-state index in [9.17, 15) is 0 Å². The monoisotopic (exact) mass is 1130 g/mol. The topological polar surface area (TPSA) is 6.48 Å². The lowest BCUT2D eigenvalue weighted by molar-refractivity contribution is 0.590.